The van der Waals surface area contributed by atoms with Gasteiger partial charge in [-0.3, -0.25) is 0 Å². The normalized spacial score (nSPS) is 16.2. The first-order valence-electron chi connectivity index (χ1n) is 3.21. The molecule has 0 rings (SSSR count). The maximum absolute atomic E-state index is 11.3. The van der Waals surface area contributed by atoms with Crippen molar-refractivity contribution in [3.8, 4) is 0 Å². The Hall–Kier alpha value is 0.810. The molecule has 1 unspecified atom stereocenters. The van der Waals surface area contributed by atoms with E-state index in [0.29, 0.717) is 11.4 Å². The minimum atomic E-state index is -4.07. The quantitative estimate of drug-likeness (QED) is 0.566. The summed E-state index contributed by atoms with van der Waals surface area (Å²) in [5.41, 5.74) is 0. The van der Waals surface area contributed by atoms with Crippen molar-refractivity contribution in [2.24, 2.45) is 0 Å². The van der Waals surface area contributed by atoms with Crippen LogP contribution in [-0.4, -0.2) is 24.2 Å². The number of hydrogen-bond donors (Lipinski definition) is 2. The molecule has 0 spiro atoms. The van der Waals surface area contributed by atoms with Crippen LogP contribution >= 0.6 is 18.2 Å². The molecule has 0 bridgehead atoms. The smallest absolute Gasteiger partial charge is 0.388 e. The zero-order valence-electron chi connectivity index (χ0n) is 7.18. The summed E-state index contributed by atoms with van der Waals surface area (Å²) in [6.07, 6.45) is 0. The zero-order valence-corrected chi connectivity index (χ0v) is 9.71. The molecule has 74 valence electrons. The van der Waals surface area contributed by atoms with Gasteiger partial charge in [-0.1, -0.05) is 0 Å². The van der Waals surface area contributed by atoms with Crippen LogP contribution in [0, 0.1) is 0 Å². The summed E-state index contributed by atoms with van der Waals surface area (Å²) >= 11 is -0.778. The maximum Gasteiger partial charge on any atom is 0.388 e. The van der Waals surface area contributed by atoms with E-state index in [-0.39, 0.29) is 5.08 Å². The third kappa shape index (κ3) is 6.34. The van der Waals surface area contributed by atoms with Crippen LogP contribution < -0.4 is 0 Å². The molecule has 0 amide bonds. The van der Waals surface area contributed by atoms with Crippen LogP contribution in [0.5, 0.6) is 0 Å². The predicted molar refractivity (Wildman–Crippen MR) is 52.4 cm³/mol. The van der Waals surface area contributed by atoms with Gasteiger partial charge in [-0.15, -0.1) is 0 Å². The van der Waals surface area contributed by atoms with E-state index in [9.17, 15) is 9.12 Å². The molecule has 0 aromatic rings. The van der Waals surface area contributed by atoms with Crippen molar-refractivity contribution >= 4 is 29.4 Å². The molecule has 0 aliphatic heterocycles. The topological polar surface area (TPSA) is 80.6 Å². The van der Waals surface area contributed by atoms with Gasteiger partial charge in [-0.2, -0.15) is 0 Å². The Morgan fingerprint density at radius 3 is 2.17 bits per heavy atom. The Bertz CT molecular complexity index is 184. The fourth-order valence-electron chi connectivity index (χ4n) is 0.293. The first-order chi connectivity index (χ1) is 5.13. The van der Waals surface area contributed by atoms with Gasteiger partial charge in [0.2, 0.25) is 0 Å². The largest absolute Gasteiger partial charge is 0.615 e. The molecule has 1 atom stereocenters. The van der Waals surface area contributed by atoms with E-state index in [2.05, 4.69) is 0 Å². The van der Waals surface area contributed by atoms with Gasteiger partial charge >= 0.3 is 6.80 Å². The lowest BCUT2D eigenvalue weighted by Gasteiger charge is -2.23. The minimum Gasteiger partial charge on any atom is -0.615 e. The zero-order chi connectivity index (χ0) is 9.99. The monoisotopic (exact) mass is 232 g/mol. The molecule has 0 aromatic heterocycles. The molecule has 0 aliphatic rings. The van der Waals surface area contributed by atoms with E-state index in [1.54, 1.807) is 20.8 Å². The van der Waals surface area contributed by atoms with Crippen LogP contribution in [0.2, 0.25) is 0 Å². The summed E-state index contributed by atoms with van der Waals surface area (Å²) < 4.78 is 21.2. The van der Waals surface area contributed by atoms with Crippen LogP contribution in [0.4, 0.5) is 0 Å². The summed E-state index contributed by atoms with van der Waals surface area (Å²) in [6.45, 7) is 1.24. The summed E-state index contributed by atoms with van der Waals surface area (Å²) in [5, 5.41) is -0.0201. The molecule has 0 aliphatic carbocycles. The fourth-order valence-corrected chi connectivity index (χ4v) is 4.74. The SMILES string of the molecule is CC(C)(C)[S+]([O-])CSP(=O)(O)O. The Balaban J connectivity index is 3.89. The van der Waals surface area contributed by atoms with Crippen LogP contribution in [0.1, 0.15) is 20.8 Å². The van der Waals surface area contributed by atoms with Crippen molar-refractivity contribution in [3.05, 3.63) is 0 Å². The van der Waals surface area contributed by atoms with Crippen LogP contribution in [0.3, 0.4) is 0 Å². The van der Waals surface area contributed by atoms with Crippen molar-refractivity contribution in [1.82, 2.24) is 0 Å². The first kappa shape index (κ1) is 12.8. The molecule has 0 heterocycles. The minimum absolute atomic E-state index is 0.0201. The lowest BCUT2D eigenvalue weighted by Crippen LogP contribution is -2.29. The summed E-state index contributed by atoms with van der Waals surface area (Å²) in [6, 6.07) is 0. The van der Waals surface area contributed by atoms with Crippen LogP contribution in [0.25, 0.3) is 0 Å². The molecule has 2 N–H and O–H groups in total. The fraction of sp³-hybridized carbons (Fsp3) is 1.00. The van der Waals surface area contributed by atoms with E-state index in [4.69, 9.17) is 9.79 Å². The van der Waals surface area contributed by atoms with Gasteiger partial charge < -0.3 is 14.3 Å². The highest BCUT2D eigenvalue weighted by atomic mass is 32.7. The summed E-state index contributed by atoms with van der Waals surface area (Å²) in [4.78, 5) is 16.9. The Morgan fingerprint density at radius 1 is 1.50 bits per heavy atom. The second kappa shape index (κ2) is 4.35. The molecule has 0 saturated heterocycles. The molecule has 0 fully saturated rings. The van der Waals surface area contributed by atoms with Crippen molar-refractivity contribution in [2.75, 3.05) is 5.08 Å². The average molecular weight is 232 g/mol. The molecule has 0 aromatic carbocycles. The van der Waals surface area contributed by atoms with Gasteiger partial charge in [-0.25, -0.2) is 4.57 Å². The Kier molecular flexibility index (Phi) is 4.64. The maximum atomic E-state index is 11.3. The predicted octanol–water partition coefficient (Wildman–Crippen LogP) is 1.32. The number of rotatable bonds is 3. The summed E-state index contributed by atoms with van der Waals surface area (Å²) in [5.74, 6) is 0. The van der Waals surface area contributed by atoms with E-state index in [1.165, 1.54) is 0 Å². The highest BCUT2D eigenvalue weighted by molar-refractivity contribution is 8.56. The van der Waals surface area contributed by atoms with Gasteiger partial charge in [0.1, 0.15) is 4.75 Å². The average Bonchev–Trinajstić information content (AvgIpc) is 1.78. The van der Waals surface area contributed by atoms with Crippen LogP contribution in [0.15, 0.2) is 0 Å². The van der Waals surface area contributed by atoms with Crippen LogP contribution in [-0.2, 0) is 15.7 Å². The molecular weight excluding hydrogens is 219 g/mol. The van der Waals surface area contributed by atoms with E-state index >= 15 is 0 Å². The van der Waals surface area contributed by atoms with Crippen molar-refractivity contribution < 1.29 is 18.9 Å². The van der Waals surface area contributed by atoms with Gasteiger partial charge in [0, 0.05) is 11.4 Å². The highest BCUT2D eigenvalue weighted by Gasteiger charge is 2.28. The third-order valence-electron chi connectivity index (χ3n) is 1.01. The third-order valence-corrected chi connectivity index (χ3v) is 5.95. The lowest BCUT2D eigenvalue weighted by molar-refractivity contribution is 0.397. The summed E-state index contributed by atoms with van der Waals surface area (Å²) in [7, 11) is 0. The molecule has 0 radical (unpaired) electrons. The molecular formula is C5H13O4PS2. The second-order valence-corrected chi connectivity index (χ2v) is 9.49. The van der Waals surface area contributed by atoms with Gasteiger partial charge in [-0.05, 0) is 31.9 Å². The van der Waals surface area contributed by atoms with E-state index in [1.807, 2.05) is 0 Å². The Morgan fingerprint density at radius 2 is 1.92 bits per heavy atom. The first-order valence-corrected chi connectivity index (χ1v) is 7.74. The molecule has 0 saturated carbocycles. The van der Waals surface area contributed by atoms with E-state index in [0.717, 1.165) is 0 Å². The highest BCUT2D eigenvalue weighted by Crippen LogP contribution is 2.51. The van der Waals surface area contributed by atoms with Gasteiger partial charge in [0.25, 0.3) is 0 Å². The lowest BCUT2D eigenvalue weighted by atomic mass is 10.3. The van der Waals surface area contributed by atoms with Gasteiger partial charge in [0.15, 0.2) is 5.08 Å². The van der Waals surface area contributed by atoms with Crippen molar-refractivity contribution in [1.29, 1.82) is 0 Å². The molecule has 12 heavy (non-hydrogen) atoms. The Labute approximate surface area is 79.2 Å². The number of hydrogen-bond acceptors (Lipinski definition) is 3. The van der Waals surface area contributed by atoms with Gasteiger partial charge in [0.05, 0.1) is 0 Å². The van der Waals surface area contributed by atoms with E-state index < -0.39 is 22.7 Å². The molecule has 4 nitrogen and oxygen atoms in total. The van der Waals surface area contributed by atoms with Crippen molar-refractivity contribution in [3.63, 3.8) is 0 Å². The standard InChI is InChI=1S/C5H13O4PS2/c1-5(2,3)12(9)4-11-10(6,7)8/h4H2,1-3H3,(H2,6,7,8). The molecule has 7 heteroatoms. The second-order valence-electron chi connectivity index (χ2n) is 3.20. The van der Waals surface area contributed by atoms with Crippen molar-refractivity contribution in [2.45, 2.75) is 25.5 Å².